The second-order valence-electron chi connectivity index (χ2n) is 4.76. The lowest BCUT2D eigenvalue weighted by atomic mass is 10.1. The number of carbonyl (C=O) groups is 1. The van der Waals surface area contributed by atoms with Crippen LogP contribution in [0.25, 0.3) is 0 Å². The average Bonchev–Trinajstić information content (AvgIpc) is 2.88. The summed E-state index contributed by atoms with van der Waals surface area (Å²) in [5.41, 5.74) is 6.76. The van der Waals surface area contributed by atoms with Crippen LogP contribution in [0, 0.1) is 0 Å². The zero-order chi connectivity index (χ0) is 17.9. The molecule has 0 aliphatic heterocycles. The molecule has 2 rings (SSSR count). The summed E-state index contributed by atoms with van der Waals surface area (Å²) in [7, 11) is 0. The summed E-state index contributed by atoms with van der Waals surface area (Å²) < 4.78 is 38.1. The molecule has 0 atom stereocenters. The quantitative estimate of drug-likeness (QED) is 0.444. The molecule has 0 unspecified atom stereocenters. The number of hydrogen-bond acceptors (Lipinski definition) is 6. The van der Waals surface area contributed by atoms with Crippen LogP contribution in [0.5, 0.6) is 0 Å². The predicted molar refractivity (Wildman–Crippen MR) is 78.5 cm³/mol. The van der Waals surface area contributed by atoms with Crippen LogP contribution in [0.4, 0.5) is 24.8 Å². The number of alkyl halides is 3. The first-order valence-electron chi connectivity index (χ1n) is 6.57. The fraction of sp³-hybridized carbons (Fsp3) is 0.231. The summed E-state index contributed by atoms with van der Waals surface area (Å²) >= 11 is 0. The Hall–Kier alpha value is -3.11. The van der Waals surface area contributed by atoms with Gasteiger partial charge in [-0.2, -0.15) is 18.2 Å². The van der Waals surface area contributed by atoms with Crippen molar-refractivity contribution < 1.29 is 23.2 Å². The summed E-state index contributed by atoms with van der Waals surface area (Å²) in [5.74, 6) is -2.54. The molecule has 128 valence electrons. The third kappa shape index (κ3) is 4.00. The molecular formula is C13H13F3N6O2. The van der Waals surface area contributed by atoms with Crippen molar-refractivity contribution in [2.75, 3.05) is 11.1 Å². The molecule has 0 saturated carbocycles. The summed E-state index contributed by atoms with van der Waals surface area (Å²) in [4.78, 5) is 14.9. The number of nitrogens with two attached hydrogens (primary N) is 1. The van der Waals surface area contributed by atoms with Crippen LogP contribution in [-0.4, -0.2) is 31.6 Å². The maximum Gasteiger partial charge on any atom is 0.453 e. The third-order valence-corrected chi connectivity index (χ3v) is 2.98. The van der Waals surface area contributed by atoms with E-state index in [1.165, 1.54) is 0 Å². The van der Waals surface area contributed by atoms with Gasteiger partial charge in [0.15, 0.2) is 0 Å². The van der Waals surface area contributed by atoms with E-state index < -0.39 is 30.4 Å². The molecule has 0 spiro atoms. The Morgan fingerprint density at radius 3 is 2.50 bits per heavy atom. The summed E-state index contributed by atoms with van der Waals surface area (Å²) in [6.45, 7) is 1.08. The number of nitrogens with zero attached hydrogens (tertiary/aromatic N) is 4. The fourth-order valence-corrected chi connectivity index (χ4v) is 1.78. The SMILES string of the molecule is C/C(=N/O)c1ccc(NC(=O)Cn2nc(C(F)(F)F)nc2N)cc1. The fourth-order valence-electron chi connectivity index (χ4n) is 1.78. The molecule has 1 amide bonds. The first kappa shape index (κ1) is 17.2. The lowest BCUT2D eigenvalue weighted by molar-refractivity contribution is -0.145. The highest BCUT2D eigenvalue weighted by molar-refractivity contribution is 5.99. The van der Waals surface area contributed by atoms with Gasteiger partial charge in [-0.25, -0.2) is 4.68 Å². The number of carbonyl (C=O) groups excluding carboxylic acids is 1. The van der Waals surface area contributed by atoms with Gasteiger partial charge in [-0.05, 0) is 24.6 Å². The molecular weight excluding hydrogens is 329 g/mol. The second kappa shape index (κ2) is 6.56. The molecule has 1 heterocycles. The van der Waals surface area contributed by atoms with Crippen molar-refractivity contribution in [2.24, 2.45) is 5.16 Å². The van der Waals surface area contributed by atoms with E-state index in [1.54, 1.807) is 31.2 Å². The molecule has 0 aliphatic rings. The largest absolute Gasteiger partial charge is 0.453 e. The van der Waals surface area contributed by atoms with E-state index in [9.17, 15) is 18.0 Å². The first-order chi connectivity index (χ1) is 11.2. The minimum absolute atomic E-state index is 0.392. The molecule has 0 fully saturated rings. The maximum atomic E-state index is 12.5. The number of benzene rings is 1. The summed E-state index contributed by atoms with van der Waals surface area (Å²) in [5, 5.41) is 17.4. The number of nitrogen functional groups attached to an aromatic ring is 1. The Labute approximate surface area is 133 Å². The lowest BCUT2D eigenvalue weighted by Gasteiger charge is -2.07. The Morgan fingerprint density at radius 1 is 1.38 bits per heavy atom. The van der Waals surface area contributed by atoms with Crippen molar-refractivity contribution in [2.45, 2.75) is 19.6 Å². The number of amides is 1. The van der Waals surface area contributed by atoms with Crippen molar-refractivity contribution in [3.05, 3.63) is 35.7 Å². The van der Waals surface area contributed by atoms with Crippen LogP contribution in [0.1, 0.15) is 18.3 Å². The zero-order valence-corrected chi connectivity index (χ0v) is 12.4. The van der Waals surface area contributed by atoms with Gasteiger partial charge in [-0.15, -0.1) is 5.10 Å². The van der Waals surface area contributed by atoms with E-state index in [1.807, 2.05) is 0 Å². The molecule has 24 heavy (non-hydrogen) atoms. The molecule has 2 aromatic rings. The van der Waals surface area contributed by atoms with Gasteiger partial charge >= 0.3 is 6.18 Å². The minimum Gasteiger partial charge on any atom is -0.411 e. The average molecular weight is 342 g/mol. The van der Waals surface area contributed by atoms with Gasteiger partial charge in [-0.3, -0.25) is 4.79 Å². The van der Waals surface area contributed by atoms with Crippen molar-refractivity contribution in [1.82, 2.24) is 14.8 Å². The van der Waals surface area contributed by atoms with Crippen LogP contribution in [0.15, 0.2) is 29.4 Å². The van der Waals surface area contributed by atoms with E-state index in [2.05, 4.69) is 20.6 Å². The van der Waals surface area contributed by atoms with Crippen molar-refractivity contribution in [3.8, 4) is 0 Å². The van der Waals surface area contributed by atoms with Gasteiger partial charge in [0.25, 0.3) is 5.82 Å². The van der Waals surface area contributed by atoms with Crippen molar-refractivity contribution in [3.63, 3.8) is 0 Å². The third-order valence-electron chi connectivity index (χ3n) is 2.98. The Bertz CT molecular complexity index is 767. The molecule has 1 aromatic heterocycles. The number of nitrogens with one attached hydrogen (secondary N) is 1. The topological polar surface area (TPSA) is 118 Å². The van der Waals surface area contributed by atoms with Gasteiger partial charge in [0, 0.05) is 5.69 Å². The Balaban J connectivity index is 2.05. The number of halogens is 3. The van der Waals surface area contributed by atoms with Gasteiger partial charge in [0.1, 0.15) is 6.54 Å². The maximum absolute atomic E-state index is 12.5. The molecule has 0 radical (unpaired) electrons. The summed E-state index contributed by atoms with van der Waals surface area (Å²) in [6, 6.07) is 6.31. The Morgan fingerprint density at radius 2 is 2.00 bits per heavy atom. The number of aromatic nitrogens is 3. The summed E-state index contributed by atoms with van der Waals surface area (Å²) in [6.07, 6.45) is -4.74. The lowest BCUT2D eigenvalue weighted by Crippen LogP contribution is -2.21. The van der Waals surface area contributed by atoms with Crippen molar-refractivity contribution >= 4 is 23.3 Å². The standard InChI is InChI=1S/C13H13F3N6O2/c1-7(21-24)8-2-4-9(5-3-8)18-10(23)6-22-12(17)19-11(20-22)13(14,15)16/h2-5,24H,6H2,1H3,(H,18,23)(H2,17,19,20)/b21-7-. The van der Waals surface area contributed by atoms with E-state index in [0.717, 1.165) is 0 Å². The molecule has 8 nitrogen and oxygen atoms in total. The van der Waals surface area contributed by atoms with Crippen LogP contribution >= 0.6 is 0 Å². The van der Waals surface area contributed by atoms with E-state index in [4.69, 9.17) is 10.9 Å². The van der Waals surface area contributed by atoms with Crippen LogP contribution < -0.4 is 11.1 Å². The molecule has 1 aromatic carbocycles. The second-order valence-corrected chi connectivity index (χ2v) is 4.76. The zero-order valence-electron chi connectivity index (χ0n) is 12.4. The minimum atomic E-state index is -4.74. The highest BCUT2D eigenvalue weighted by atomic mass is 19.4. The van der Waals surface area contributed by atoms with Gasteiger partial charge in [-0.1, -0.05) is 17.3 Å². The highest BCUT2D eigenvalue weighted by Crippen LogP contribution is 2.26. The molecule has 0 aliphatic carbocycles. The molecule has 0 bridgehead atoms. The van der Waals surface area contributed by atoms with E-state index in [0.29, 0.717) is 21.6 Å². The number of rotatable bonds is 4. The predicted octanol–water partition coefficient (Wildman–Crippen LogP) is 1.72. The number of anilines is 2. The smallest absolute Gasteiger partial charge is 0.411 e. The molecule has 4 N–H and O–H groups in total. The van der Waals surface area contributed by atoms with Crippen LogP contribution in [-0.2, 0) is 17.5 Å². The highest BCUT2D eigenvalue weighted by Gasteiger charge is 2.37. The van der Waals surface area contributed by atoms with Gasteiger partial charge < -0.3 is 16.3 Å². The number of hydrogen-bond donors (Lipinski definition) is 3. The monoisotopic (exact) mass is 342 g/mol. The van der Waals surface area contributed by atoms with Crippen molar-refractivity contribution in [1.29, 1.82) is 0 Å². The van der Waals surface area contributed by atoms with E-state index in [-0.39, 0.29) is 0 Å². The van der Waals surface area contributed by atoms with Crippen LogP contribution in [0.2, 0.25) is 0 Å². The first-order valence-corrected chi connectivity index (χ1v) is 6.57. The molecule has 11 heteroatoms. The number of oxime groups is 1. The normalized spacial score (nSPS) is 12.2. The van der Waals surface area contributed by atoms with Gasteiger partial charge in [0.2, 0.25) is 11.9 Å². The van der Waals surface area contributed by atoms with Crippen LogP contribution in [0.3, 0.4) is 0 Å². The van der Waals surface area contributed by atoms with E-state index >= 15 is 0 Å². The molecule has 0 saturated heterocycles. The van der Waals surface area contributed by atoms with Gasteiger partial charge in [0.05, 0.1) is 5.71 Å². The Kier molecular flexibility index (Phi) is 4.71.